The van der Waals surface area contributed by atoms with Crippen LogP contribution in [0.5, 0.6) is 5.75 Å². The summed E-state index contributed by atoms with van der Waals surface area (Å²) in [5, 5.41) is 6.59. The van der Waals surface area contributed by atoms with Crippen LogP contribution < -0.4 is 10.1 Å². The molecular weight excluding hydrogens is 340 g/mol. The van der Waals surface area contributed by atoms with E-state index in [1.165, 1.54) is 16.7 Å². The van der Waals surface area contributed by atoms with E-state index < -0.39 is 0 Å². The van der Waals surface area contributed by atoms with Gasteiger partial charge in [-0.3, -0.25) is 0 Å². The van der Waals surface area contributed by atoms with Gasteiger partial charge >= 0.3 is 0 Å². The Morgan fingerprint density at radius 3 is 2.08 bits per heavy atom. The van der Waals surface area contributed by atoms with Crippen LogP contribution in [0.25, 0.3) is 11.3 Å². The van der Waals surface area contributed by atoms with Crippen LogP contribution in [0.3, 0.4) is 0 Å². The van der Waals surface area contributed by atoms with Crippen molar-refractivity contribution in [1.82, 2.24) is 10.3 Å². The number of aromatic nitrogens is 1. The van der Waals surface area contributed by atoms with Gasteiger partial charge in [-0.1, -0.05) is 27.7 Å². The molecule has 0 aliphatic carbocycles. The van der Waals surface area contributed by atoms with Gasteiger partial charge in [-0.05, 0) is 68.8 Å². The van der Waals surface area contributed by atoms with Gasteiger partial charge in [0.25, 0.3) is 0 Å². The van der Waals surface area contributed by atoms with Gasteiger partial charge in [-0.2, -0.15) is 0 Å². The van der Waals surface area contributed by atoms with Crippen molar-refractivity contribution in [3.63, 3.8) is 0 Å². The molecular formula is C22H34N2OS. The number of hydrogen-bond donors (Lipinski definition) is 1. The molecule has 0 amide bonds. The fourth-order valence-electron chi connectivity index (χ4n) is 3.05. The van der Waals surface area contributed by atoms with Crippen molar-refractivity contribution in [2.45, 2.75) is 72.3 Å². The molecule has 144 valence electrons. The van der Waals surface area contributed by atoms with Crippen LogP contribution in [0, 0.1) is 0 Å². The first kappa shape index (κ1) is 20.9. The Morgan fingerprint density at radius 2 is 1.62 bits per heavy atom. The molecule has 4 heteroatoms. The fourth-order valence-corrected chi connectivity index (χ4v) is 3.94. The lowest BCUT2D eigenvalue weighted by molar-refractivity contribution is 0.328. The van der Waals surface area contributed by atoms with Crippen molar-refractivity contribution < 1.29 is 4.74 Å². The van der Waals surface area contributed by atoms with Crippen LogP contribution in [0.2, 0.25) is 0 Å². The molecule has 0 saturated carbocycles. The summed E-state index contributed by atoms with van der Waals surface area (Å²) in [6.07, 6.45) is 2.20. The van der Waals surface area contributed by atoms with Gasteiger partial charge in [0.1, 0.15) is 10.8 Å². The van der Waals surface area contributed by atoms with Gasteiger partial charge in [0.15, 0.2) is 0 Å². The van der Waals surface area contributed by atoms with Crippen LogP contribution in [0.4, 0.5) is 0 Å². The van der Waals surface area contributed by atoms with E-state index in [0.29, 0.717) is 18.4 Å². The van der Waals surface area contributed by atoms with E-state index >= 15 is 0 Å². The van der Waals surface area contributed by atoms with Crippen molar-refractivity contribution in [2.24, 2.45) is 0 Å². The second-order valence-electron chi connectivity index (χ2n) is 7.12. The number of hydrogen-bond acceptors (Lipinski definition) is 4. The summed E-state index contributed by atoms with van der Waals surface area (Å²) in [5.41, 5.74) is 4.92. The molecule has 2 rings (SSSR count). The largest absolute Gasteiger partial charge is 0.493 e. The minimum absolute atomic E-state index is 0.277. The van der Waals surface area contributed by atoms with E-state index in [2.05, 4.69) is 64.4 Å². The fraction of sp³-hybridized carbons (Fsp3) is 0.591. The molecule has 3 unspecified atom stereocenters. The van der Waals surface area contributed by atoms with E-state index in [1.807, 2.05) is 7.05 Å². The van der Waals surface area contributed by atoms with Gasteiger partial charge in [0.2, 0.25) is 0 Å². The molecule has 0 bridgehead atoms. The normalized spacial score (nSPS) is 14.9. The Kier molecular flexibility index (Phi) is 7.66. The summed E-state index contributed by atoms with van der Waals surface area (Å²) >= 11 is 1.73. The topological polar surface area (TPSA) is 34.1 Å². The molecule has 0 spiro atoms. The number of nitrogens with one attached hydrogen (secondary N) is 1. The van der Waals surface area contributed by atoms with Crippen molar-refractivity contribution >= 4 is 11.3 Å². The number of thiazole rings is 1. The van der Waals surface area contributed by atoms with Crippen LogP contribution in [-0.2, 0) is 0 Å². The molecule has 0 saturated heterocycles. The van der Waals surface area contributed by atoms with E-state index in [9.17, 15) is 0 Å². The first-order chi connectivity index (χ1) is 12.5. The van der Waals surface area contributed by atoms with Gasteiger partial charge < -0.3 is 10.1 Å². The summed E-state index contributed by atoms with van der Waals surface area (Å²) in [5.74, 6) is 2.03. The Balaban J connectivity index is 2.61. The summed E-state index contributed by atoms with van der Waals surface area (Å²) in [7, 11) is 1.98. The monoisotopic (exact) mass is 374 g/mol. The molecule has 0 aliphatic rings. The Hall–Kier alpha value is -1.39. The second-order valence-corrected chi connectivity index (χ2v) is 8.01. The Morgan fingerprint density at radius 1 is 1.04 bits per heavy atom. The summed E-state index contributed by atoms with van der Waals surface area (Å²) in [4.78, 5) is 4.89. The number of rotatable bonds is 9. The van der Waals surface area contributed by atoms with Crippen molar-refractivity contribution in [3.8, 4) is 17.0 Å². The van der Waals surface area contributed by atoms with E-state index in [-0.39, 0.29) is 6.04 Å². The first-order valence-electron chi connectivity index (χ1n) is 9.90. The third-order valence-electron chi connectivity index (χ3n) is 5.34. The standard InChI is InChI=1S/C22H34N2OS/c1-8-14(4)18-11-17(20-13-26-22(24-20)16(6)23-7)12-19(15(5)9-2)21(18)25-10-3/h11-16,23H,8-10H2,1-7H3. The SMILES string of the molecule is CCOc1c(C(C)CC)cc(-c2csc(C(C)NC)n2)cc1C(C)CC. The highest BCUT2D eigenvalue weighted by Crippen LogP contribution is 2.41. The maximum atomic E-state index is 6.14. The number of ether oxygens (including phenoxy) is 1. The molecule has 0 radical (unpaired) electrons. The third kappa shape index (κ3) is 4.47. The molecule has 1 aromatic heterocycles. The first-order valence-corrected chi connectivity index (χ1v) is 10.8. The Labute approximate surface area is 163 Å². The van der Waals surface area contributed by atoms with Gasteiger partial charge in [0.05, 0.1) is 18.3 Å². The van der Waals surface area contributed by atoms with Crippen molar-refractivity contribution in [3.05, 3.63) is 33.6 Å². The smallest absolute Gasteiger partial charge is 0.126 e. The number of benzene rings is 1. The molecule has 1 heterocycles. The van der Waals surface area contributed by atoms with Crippen LogP contribution in [-0.4, -0.2) is 18.6 Å². The lowest BCUT2D eigenvalue weighted by Crippen LogP contribution is -2.11. The van der Waals surface area contributed by atoms with Crippen LogP contribution >= 0.6 is 11.3 Å². The molecule has 26 heavy (non-hydrogen) atoms. The van der Waals surface area contributed by atoms with Gasteiger partial charge in [0, 0.05) is 10.9 Å². The summed E-state index contributed by atoms with van der Waals surface area (Å²) in [6, 6.07) is 4.88. The molecule has 3 nitrogen and oxygen atoms in total. The van der Waals surface area contributed by atoms with E-state index in [0.717, 1.165) is 29.3 Å². The molecule has 0 fully saturated rings. The van der Waals surface area contributed by atoms with Crippen molar-refractivity contribution in [1.29, 1.82) is 0 Å². The summed E-state index contributed by atoms with van der Waals surface area (Å²) < 4.78 is 6.14. The molecule has 1 aromatic carbocycles. The predicted octanol–water partition coefficient (Wildman–Crippen LogP) is 6.52. The van der Waals surface area contributed by atoms with E-state index in [4.69, 9.17) is 9.72 Å². The lowest BCUT2D eigenvalue weighted by atomic mass is 9.87. The molecule has 0 aliphatic heterocycles. The maximum Gasteiger partial charge on any atom is 0.126 e. The lowest BCUT2D eigenvalue weighted by Gasteiger charge is -2.23. The van der Waals surface area contributed by atoms with Crippen LogP contribution in [0.1, 0.15) is 88.4 Å². The maximum absolute atomic E-state index is 6.14. The van der Waals surface area contributed by atoms with Crippen LogP contribution in [0.15, 0.2) is 17.5 Å². The molecule has 3 atom stereocenters. The second kappa shape index (κ2) is 9.52. The molecule has 1 N–H and O–H groups in total. The van der Waals surface area contributed by atoms with E-state index in [1.54, 1.807) is 11.3 Å². The average Bonchev–Trinajstić information content (AvgIpc) is 3.16. The zero-order valence-electron chi connectivity index (χ0n) is 17.3. The summed E-state index contributed by atoms with van der Waals surface area (Å²) in [6.45, 7) is 14.0. The zero-order valence-corrected chi connectivity index (χ0v) is 18.2. The average molecular weight is 375 g/mol. The highest BCUT2D eigenvalue weighted by atomic mass is 32.1. The zero-order chi connectivity index (χ0) is 19.3. The third-order valence-corrected chi connectivity index (χ3v) is 6.37. The highest BCUT2D eigenvalue weighted by Gasteiger charge is 2.21. The minimum atomic E-state index is 0.277. The van der Waals surface area contributed by atoms with Gasteiger partial charge in [-0.25, -0.2) is 4.98 Å². The highest BCUT2D eigenvalue weighted by molar-refractivity contribution is 7.10. The van der Waals surface area contributed by atoms with Crippen molar-refractivity contribution in [2.75, 3.05) is 13.7 Å². The van der Waals surface area contributed by atoms with Gasteiger partial charge in [-0.15, -0.1) is 11.3 Å². The quantitative estimate of drug-likeness (QED) is 0.543. The number of nitrogens with zero attached hydrogens (tertiary/aromatic N) is 1. The molecule has 2 aromatic rings. The minimum Gasteiger partial charge on any atom is -0.493 e. The predicted molar refractivity (Wildman–Crippen MR) is 114 cm³/mol. The Bertz CT molecular complexity index is 679.